The Bertz CT molecular complexity index is 697. The molecule has 1 aliphatic heterocycles. The molecule has 1 amide bonds. The SMILES string of the molecule is Cc1cc(C(=O)N2CCc3ccccc32)c(C)n1C(C)C. The molecule has 0 saturated heterocycles. The number of fused-ring (bicyclic) bond motifs is 1. The van der Waals surface area contributed by atoms with Gasteiger partial charge >= 0.3 is 0 Å². The standard InChI is InChI=1S/C18H22N2O/c1-12(2)20-13(3)11-16(14(20)4)18(21)19-10-9-15-7-5-6-8-17(15)19/h5-8,11-12H,9-10H2,1-4H3. The molecule has 2 aromatic rings. The van der Waals surface area contributed by atoms with Gasteiger partial charge in [-0.2, -0.15) is 0 Å². The van der Waals surface area contributed by atoms with Crippen LogP contribution < -0.4 is 4.90 Å². The van der Waals surface area contributed by atoms with Crippen molar-refractivity contribution in [2.24, 2.45) is 0 Å². The molecule has 1 aromatic carbocycles. The molecule has 0 unspecified atom stereocenters. The first-order valence-corrected chi connectivity index (χ1v) is 7.59. The first kappa shape index (κ1) is 13.9. The molecule has 110 valence electrons. The van der Waals surface area contributed by atoms with Gasteiger partial charge in [0.25, 0.3) is 5.91 Å². The lowest BCUT2D eigenvalue weighted by Gasteiger charge is -2.18. The first-order chi connectivity index (χ1) is 10.0. The fourth-order valence-corrected chi connectivity index (χ4v) is 3.48. The average molecular weight is 282 g/mol. The molecule has 0 radical (unpaired) electrons. The van der Waals surface area contributed by atoms with Gasteiger partial charge in [-0.1, -0.05) is 18.2 Å². The van der Waals surface area contributed by atoms with E-state index in [2.05, 4.69) is 31.4 Å². The fourth-order valence-electron chi connectivity index (χ4n) is 3.48. The second-order valence-electron chi connectivity index (χ2n) is 6.08. The van der Waals surface area contributed by atoms with Gasteiger partial charge < -0.3 is 9.47 Å². The van der Waals surface area contributed by atoms with Crippen molar-refractivity contribution in [3.63, 3.8) is 0 Å². The first-order valence-electron chi connectivity index (χ1n) is 7.59. The van der Waals surface area contributed by atoms with Crippen molar-refractivity contribution >= 4 is 11.6 Å². The average Bonchev–Trinajstić information content (AvgIpc) is 2.99. The van der Waals surface area contributed by atoms with Gasteiger partial charge in [0.15, 0.2) is 0 Å². The number of amides is 1. The third-order valence-corrected chi connectivity index (χ3v) is 4.36. The van der Waals surface area contributed by atoms with Crippen molar-refractivity contribution in [2.75, 3.05) is 11.4 Å². The Morgan fingerprint density at radius 1 is 1.19 bits per heavy atom. The van der Waals surface area contributed by atoms with Crippen LogP contribution in [-0.4, -0.2) is 17.0 Å². The van der Waals surface area contributed by atoms with Gasteiger partial charge in [-0.25, -0.2) is 0 Å². The van der Waals surface area contributed by atoms with Crippen LogP contribution in [0.5, 0.6) is 0 Å². The summed E-state index contributed by atoms with van der Waals surface area (Å²) in [4.78, 5) is 14.8. The number of anilines is 1. The quantitative estimate of drug-likeness (QED) is 0.820. The smallest absolute Gasteiger partial charge is 0.260 e. The highest BCUT2D eigenvalue weighted by atomic mass is 16.2. The molecular weight excluding hydrogens is 260 g/mol. The van der Waals surface area contributed by atoms with Crippen LogP contribution in [0.2, 0.25) is 0 Å². The number of nitrogens with zero attached hydrogens (tertiary/aromatic N) is 2. The summed E-state index contributed by atoms with van der Waals surface area (Å²) in [5.74, 6) is 0.125. The molecule has 0 saturated carbocycles. The summed E-state index contributed by atoms with van der Waals surface area (Å²) in [5, 5.41) is 0. The number of aromatic nitrogens is 1. The lowest BCUT2D eigenvalue weighted by molar-refractivity contribution is 0.0988. The Labute approximate surface area is 126 Å². The number of benzene rings is 1. The molecule has 2 heterocycles. The molecule has 1 aromatic heterocycles. The van der Waals surface area contributed by atoms with Gasteiger partial charge in [0.2, 0.25) is 0 Å². The molecule has 3 rings (SSSR count). The van der Waals surface area contributed by atoms with Crippen molar-refractivity contribution in [3.05, 3.63) is 52.8 Å². The lowest BCUT2D eigenvalue weighted by Crippen LogP contribution is -2.29. The second kappa shape index (κ2) is 5.06. The van der Waals surface area contributed by atoms with Gasteiger partial charge in [-0.15, -0.1) is 0 Å². The molecule has 21 heavy (non-hydrogen) atoms. The normalized spacial score (nSPS) is 13.9. The van der Waals surface area contributed by atoms with Gasteiger partial charge in [-0.3, -0.25) is 4.79 Å². The van der Waals surface area contributed by atoms with E-state index in [1.807, 2.05) is 36.1 Å². The third kappa shape index (κ3) is 2.17. The Morgan fingerprint density at radius 3 is 2.57 bits per heavy atom. The predicted molar refractivity (Wildman–Crippen MR) is 86.1 cm³/mol. The fraction of sp³-hybridized carbons (Fsp3) is 0.389. The Hall–Kier alpha value is -2.03. The van der Waals surface area contributed by atoms with Crippen LogP contribution in [0.15, 0.2) is 30.3 Å². The summed E-state index contributed by atoms with van der Waals surface area (Å²) in [5.41, 5.74) is 5.38. The largest absolute Gasteiger partial charge is 0.346 e. The highest BCUT2D eigenvalue weighted by Gasteiger charge is 2.27. The van der Waals surface area contributed by atoms with Crippen LogP contribution in [0, 0.1) is 13.8 Å². The molecule has 0 aliphatic carbocycles. The maximum absolute atomic E-state index is 12.9. The van der Waals surface area contributed by atoms with E-state index in [9.17, 15) is 4.79 Å². The van der Waals surface area contributed by atoms with Crippen LogP contribution in [0.4, 0.5) is 5.69 Å². The molecule has 0 fully saturated rings. The predicted octanol–water partition coefficient (Wildman–Crippen LogP) is 3.89. The second-order valence-corrected chi connectivity index (χ2v) is 6.08. The van der Waals surface area contributed by atoms with E-state index < -0.39 is 0 Å². The maximum Gasteiger partial charge on any atom is 0.260 e. The Kier molecular flexibility index (Phi) is 3.36. The van der Waals surface area contributed by atoms with Crippen LogP contribution in [-0.2, 0) is 6.42 Å². The van der Waals surface area contributed by atoms with Crippen molar-refractivity contribution in [1.82, 2.24) is 4.57 Å². The molecule has 3 heteroatoms. The number of para-hydroxylation sites is 1. The molecule has 3 nitrogen and oxygen atoms in total. The molecule has 1 aliphatic rings. The van der Waals surface area contributed by atoms with Crippen LogP contribution in [0.25, 0.3) is 0 Å². The zero-order chi connectivity index (χ0) is 15.1. The molecule has 0 spiro atoms. The van der Waals surface area contributed by atoms with Crippen LogP contribution >= 0.6 is 0 Å². The van der Waals surface area contributed by atoms with Gasteiger partial charge in [0.05, 0.1) is 5.56 Å². The van der Waals surface area contributed by atoms with Crippen LogP contribution in [0.3, 0.4) is 0 Å². The summed E-state index contributed by atoms with van der Waals surface area (Å²) in [6, 6.07) is 10.6. The molecule has 0 atom stereocenters. The summed E-state index contributed by atoms with van der Waals surface area (Å²) in [7, 11) is 0. The van der Waals surface area contributed by atoms with Crippen molar-refractivity contribution < 1.29 is 4.79 Å². The minimum atomic E-state index is 0.125. The maximum atomic E-state index is 12.9. The van der Waals surface area contributed by atoms with E-state index >= 15 is 0 Å². The van der Waals surface area contributed by atoms with E-state index in [4.69, 9.17) is 0 Å². The number of hydrogen-bond acceptors (Lipinski definition) is 1. The summed E-state index contributed by atoms with van der Waals surface area (Å²) in [6.45, 7) is 9.20. The highest BCUT2D eigenvalue weighted by Crippen LogP contribution is 2.30. The van der Waals surface area contributed by atoms with E-state index in [1.165, 1.54) is 5.56 Å². The number of carbonyl (C=O) groups excluding carboxylic acids is 1. The van der Waals surface area contributed by atoms with Crippen LogP contribution in [0.1, 0.15) is 47.2 Å². The minimum Gasteiger partial charge on any atom is -0.346 e. The zero-order valence-corrected chi connectivity index (χ0v) is 13.2. The number of carbonyl (C=O) groups is 1. The monoisotopic (exact) mass is 282 g/mol. The van der Waals surface area contributed by atoms with Gasteiger partial charge in [0, 0.05) is 29.7 Å². The number of aryl methyl sites for hydroxylation is 1. The Balaban J connectivity index is 2.00. The number of rotatable bonds is 2. The van der Waals surface area contributed by atoms with E-state index in [0.29, 0.717) is 6.04 Å². The van der Waals surface area contributed by atoms with E-state index in [1.54, 1.807) is 0 Å². The number of hydrogen-bond donors (Lipinski definition) is 0. The molecular formula is C18H22N2O. The van der Waals surface area contributed by atoms with Gasteiger partial charge in [0.1, 0.15) is 0 Å². The van der Waals surface area contributed by atoms with E-state index in [-0.39, 0.29) is 5.91 Å². The third-order valence-electron chi connectivity index (χ3n) is 4.36. The summed E-state index contributed by atoms with van der Waals surface area (Å²) in [6.07, 6.45) is 0.949. The summed E-state index contributed by atoms with van der Waals surface area (Å²) < 4.78 is 2.23. The lowest BCUT2D eigenvalue weighted by atomic mass is 10.1. The Morgan fingerprint density at radius 2 is 1.90 bits per heavy atom. The minimum absolute atomic E-state index is 0.125. The highest BCUT2D eigenvalue weighted by molar-refractivity contribution is 6.08. The topological polar surface area (TPSA) is 25.2 Å². The molecule has 0 bridgehead atoms. The summed E-state index contributed by atoms with van der Waals surface area (Å²) >= 11 is 0. The van der Waals surface area contributed by atoms with Crippen molar-refractivity contribution in [3.8, 4) is 0 Å². The van der Waals surface area contributed by atoms with Crippen molar-refractivity contribution in [1.29, 1.82) is 0 Å². The van der Waals surface area contributed by atoms with Crippen molar-refractivity contribution in [2.45, 2.75) is 40.2 Å². The van der Waals surface area contributed by atoms with Gasteiger partial charge in [-0.05, 0) is 51.8 Å². The zero-order valence-electron chi connectivity index (χ0n) is 13.2. The molecule has 0 N–H and O–H groups in total. The van der Waals surface area contributed by atoms with E-state index in [0.717, 1.165) is 35.6 Å².